The summed E-state index contributed by atoms with van der Waals surface area (Å²) in [5.41, 5.74) is 3.83. The summed E-state index contributed by atoms with van der Waals surface area (Å²) < 4.78 is 0. The molecule has 0 unspecified atom stereocenters. The molecule has 0 aromatic heterocycles. The molecule has 0 radical (unpaired) electrons. The molecule has 1 fully saturated rings. The summed E-state index contributed by atoms with van der Waals surface area (Å²) in [6.45, 7) is 2.22. The number of benzene rings is 2. The van der Waals surface area contributed by atoms with Crippen molar-refractivity contribution < 1.29 is 0 Å². The highest BCUT2D eigenvalue weighted by Gasteiger charge is 2.17. The second-order valence-corrected chi connectivity index (χ2v) is 4.95. The minimum atomic E-state index is 0.614. The fourth-order valence-corrected chi connectivity index (χ4v) is 2.68. The lowest BCUT2D eigenvalue weighted by Gasteiger charge is -2.21. The van der Waals surface area contributed by atoms with Crippen molar-refractivity contribution in [2.24, 2.45) is 0 Å². The molecule has 2 nitrogen and oxygen atoms in total. The number of para-hydroxylation sites is 1. The first kappa shape index (κ1) is 12.0. The van der Waals surface area contributed by atoms with Crippen LogP contribution >= 0.6 is 0 Å². The lowest BCUT2D eigenvalue weighted by molar-refractivity contribution is 0.949. The standard InChI is InChI=1S/C17H18N2/c18-17(14-8-2-1-3-9-14)15-10-4-5-11-16(15)19-12-6-7-13-19/h1-5,8-11,18H,6-7,12-13H2. The van der Waals surface area contributed by atoms with Crippen molar-refractivity contribution in [1.82, 2.24) is 0 Å². The van der Waals surface area contributed by atoms with Gasteiger partial charge in [0.05, 0.1) is 5.71 Å². The molecule has 1 N–H and O–H groups in total. The summed E-state index contributed by atoms with van der Waals surface area (Å²) in [5, 5.41) is 8.45. The number of rotatable bonds is 3. The zero-order valence-corrected chi connectivity index (χ0v) is 11.0. The summed E-state index contributed by atoms with van der Waals surface area (Å²) in [7, 11) is 0. The van der Waals surface area contributed by atoms with Gasteiger partial charge in [-0.3, -0.25) is 5.41 Å². The van der Waals surface area contributed by atoms with Gasteiger partial charge in [-0.2, -0.15) is 0 Å². The van der Waals surface area contributed by atoms with Crippen molar-refractivity contribution in [2.45, 2.75) is 12.8 Å². The average molecular weight is 250 g/mol. The summed E-state index contributed by atoms with van der Waals surface area (Å²) in [6.07, 6.45) is 2.51. The second kappa shape index (κ2) is 5.27. The largest absolute Gasteiger partial charge is 0.371 e. The second-order valence-electron chi connectivity index (χ2n) is 4.95. The van der Waals surface area contributed by atoms with Crippen LogP contribution in [-0.2, 0) is 0 Å². The van der Waals surface area contributed by atoms with Crippen LogP contribution in [0, 0.1) is 5.41 Å². The molecule has 0 spiro atoms. The van der Waals surface area contributed by atoms with E-state index in [1.807, 2.05) is 36.4 Å². The molecule has 0 aliphatic carbocycles. The van der Waals surface area contributed by atoms with E-state index >= 15 is 0 Å². The zero-order chi connectivity index (χ0) is 13.1. The lowest BCUT2D eigenvalue weighted by atomic mass is 10.0. The van der Waals surface area contributed by atoms with E-state index in [2.05, 4.69) is 23.1 Å². The molecule has 0 saturated carbocycles. The molecular weight excluding hydrogens is 232 g/mol. The Morgan fingerprint density at radius 1 is 0.842 bits per heavy atom. The molecular formula is C17H18N2. The average Bonchev–Trinajstić information content (AvgIpc) is 3.01. The van der Waals surface area contributed by atoms with Crippen LogP contribution in [0.15, 0.2) is 54.6 Å². The molecule has 1 aliphatic heterocycles. The van der Waals surface area contributed by atoms with E-state index in [1.165, 1.54) is 18.5 Å². The Balaban J connectivity index is 1.98. The van der Waals surface area contributed by atoms with Gasteiger partial charge < -0.3 is 4.90 Å². The number of anilines is 1. The highest BCUT2D eigenvalue weighted by atomic mass is 15.1. The van der Waals surface area contributed by atoms with E-state index < -0.39 is 0 Å². The maximum Gasteiger partial charge on any atom is 0.0705 e. The lowest BCUT2D eigenvalue weighted by Crippen LogP contribution is -2.20. The molecule has 96 valence electrons. The van der Waals surface area contributed by atoms with Crippen LogP contribution in [0.2, 0.25) is 0 Å². The van der Waals surface area contributed by atoms with Crippen LogP contribution in [0.5, 0.6) is 0 Å². The molecule has 0 bridgehead atoms. The van der Waals surface area contributed by atoms with Crippen LogP contribution in [-0.4, -0.2) is 18.8 Å². The first-order valence-corrected chi connectivity index (χ1v) is 6.84. The van der Waals surface area contributed by atoms with Crippen molar-refractivity contribution in [2.75, 3.05) is 18.0 Å². The van der Waals surface area contributed by atoms with Gasteiger partial charge in [0.2, 0.25) is 0 Å². The molecule has 1 aliphatic rings. The minimum absolute atomic E-state index is 0.614. The Morgan fingerprint density at radius 3 is 2.21 bits per heavy atom. The maximum absolute atomic E-state index is 8.45. The first-order chi connectivity index (χ1) is 9.36. The van der Waals surface area contributed by atoms with Gasteiger partial charge in [0, 0.05) is 29.9 Å². The predicted molar refractivity (Wildman–Crippen MR) is 80.3 cm³/mol. The van der Waals surface area contributed by atoms with Gasteiger partial charge in [0.15, 0.2) is 0 Å². The molecule has 2 aromatic carbocycles. The summed E-state index contributed by atoms with van der Waals surface area (Å²) in [5.74, 6) is 0. The van der Waals surface area contributed by atoms with E-state index in [0.717, 1.165) is 24.2 Å². The van der Waals surface area contributed by atoms with Crippen molar-refractivity contribution in [3.8, 4) is 0 Å². The minimum Gasteiger partial charge on any atom is -0.371 e. The van der Waals surface area contributed by atoms with Crippen LogP contribution in [0.3, 0.4) is 0 Å². The molecule has 2 heteroatoms. The number of hydrogen-bond acceptors (Lipinski definition) is 2. The quantitative estimate of drug-likeness (QED) is 0.826. The summed E-state index contributed by atoms with van der Waals surface area (Å²) in [6, 6.07) is 18.3. The topological polar surface area (TPSA) is 27.1 Å². The first-order valence-electron chi connectivity index (χ1n) is 6.84. The normalized spacial score (nSPS) is 14.6. The third kappa shape index (κ3) is 2.39. The fourth-order valence-electron chi connectivity index (χ4n) is 2.68. The van der Waals surface area contributed by atoms with Gasteiger partial charge >= 0.3 is 0 Å². The SMILES string of the molecule is N=C(c1ccccc1)c1ccccc1N1CCCC1. The number of nitrogens with one attached hydrogen (secondary N) is 1. The highest BCUT2D eigenvalue weighted by Crippen LogP contribution is 2.26. The summed E-state index contributed by atoms with van der Waals surface area (Å²) in [4.78, 5) is 2.40. The molecule has 1 saturated heterocycles. The Hall–Kier alpha value is -2.09. The van der Waals surface area contributed by atoms with Gasteiger partial charge in [-0.25, -0.2) is 0 Å². The third-order valence-corrected chi connectivity index (χ3v) is 3.68. The zero-order valence-electron chi connectivity index (χ0n) is 11.0. The van der Waals surface area contributed by atoms with Crippen LogP contribution in [0.4, 0.5) is 5.69 Å². The van der Waals surface area contributed by atoms with Gasteiger partial charge in [0.1, 0.15) is 0 Å². The van der Waals surface area contributed by atoms with Crippen LogP contribution in [0.1, 0.15) is 24.0 Å². The Bertz CT molecular complexity index is 569. The van der Waals surface area contributed by atoms with Gasteiger partial charge in [0.25, 0.3) is 0 Å². The van der Waals surface area contributed by atoms with Crippen molar-refractivity contribution in [3.05, 3.63) is 65.7 Å². The van der Waals surface area contributed by atoms with Crippen LogP contribution < -0.4 is 4.90 Å². The Kier molecular flexibility index (Phi) is 3.32. The van der Waals surface area contributed by atoms with Gasteiger partial charge in [-0.05, 0) is 18.9 Å². The highest BCUT2D eigenvalue weighted by molar-refractivity contribution is 6.14. The molecule has 0 amide bonds. The van der Waals surface area contributed by atoms with E-state index in [9.17, 15) is 0 Å². The fraction of sp³-hybridized carbons (Fsp3) is 0.235. The molecule has 0 atom stereocenters. The van der Waals surface area contributed by atoms with Gasteiger partial charge in [-0.1, -0.05) is 48.5 Å². The smallest absolute Gasteiger partial charge is 0.0705 e. The van der Waals surface area contributed by atoms with Crippen molar-refractivity contribution in [1.29, 1.82) is 5.41 Å². The number of hydrogen-bond donors (Lipinski definition) is 1. The van der Waals surface area contributed by atoms with Crippen molar-refractivity contribution >= 4 is 11.4 Å². The number of nitrogens with zero attached hydrogens (tertiary/aromatic N) is 1. The van der Waals surface area contributed by atoms with Crippen molar-refractivity contribution in [3.63, 3.8) is 0 Å². The van der Waals surface area contributed by atoms with Gasteiger partial charge in [-0.15, -0.1) is 0 Å². The van der Waals surface area contributed by atoms with E-state index in [0.29, 0.717) is 5.71 Å². The third-order valence-electron chi connectivity index (χ3n) is 3.68. The molecule has 3 rings (SSSR count). The Morgan fingerprint density at radius 2 is 1.47 bits per heavy atom. The molecule has 1 heterocycles. The monoisotopic (exact) mass is 250 g/mol. The molecule has 2 aromatic rings. The molecule has 19 heavy (non-hydrogen) atoms. The van der Waals surface area contributed by atoms with E-state index in [-0.39, 0.29) is 0 Å². The maximum atomic E-state index is 8.45. The predicted octanol–water partition coefficient (Wildman–Crippen LogP) is 3.70. The van der Waals surface area contributed by atoms with Crippen LogP contribution in [0.25, 0.3) is 0 Å². The van der Waals surface area contributed by atoms with E-state index in [4.69, 9.17) is 5.41 Å². The summed E-state index contributed by atoms with van der Waals surface area (Å²) >= 11 is 0. The van der Waals surface area contributed by atoms with E-state index in [1.54, 1.807) is 0 Å². The Labute approximate surface area is 114 Å².